The van der Waals surface area contributed by atoms with Crippen LogP contribution in [0, 0.1) is 11.3 Å². The Morgan fingerprint density at radius 2 is 1.95 bits per heavy atom. The van der Waals surface area contributed by atoms with Gasteiger partial charge in [-0.2, -0.15) is 0 Å². The SMILES string of the molecule is CCCC1(C(=O)N2C[C@@H](CN)[C@H](c3ccccc3)C2)CC1.Cl. The lowest BCUT2D eigenvalue weighted by Gasteiger charge is -2.23. The second-order valence-electron chi connectivity index (χ2n) is 6.75. The number of carbonyl (C=O) groups is 1. The molecule has 122 valence electrons. The summed E-state index contributed by atoms with van der Waals surface area (Å²) >= 11 is 0. The van der Waals surface area contributed by atoms with Crippen molar-refractivity contribution in [2.75, 3.05) is 19.6 Å². The standard InChI is InChI=1S/C18H26N2O.ClH/c1-2-8-18(9-10-18)17(21)20-12-15(11-19)16(13-20)14-6-4-3-5-7-14;/h3-7,15-16H,2,8-13,19H2,1H3;1H/t15-,16+;/m1./s1. The molecule has 1 aliphatic carbocycles. The number of amides is 1. The Hall–Kier alpha value is -1.06. The molecular formula is C18H27ClN2O. The number of carbonyl (C=O) groups excluding carboxylic acids is 1. The van der Waals surface area contributed by atoms with Crippen LogP contribution in [0.15, 0.2) is 30.3 Å². The van der Waals surface area contributed by atoms with Gasteiger partial charge in [0, 0.05) is 24.4 Å². The van der Waals surface area contributed by atoms with E-state index >= 15 is 0 Å². The molecule has 2 N–H and O–H groups in total. The fourth-order valence-corrected chi connectivity index (χ4v) is 3.89. The minimum Gasteiger partial charge on any atom is -0.341 e. The molecule has 2 atom stereocenters. The summed E-state index contributed by atoms with van der Waals surface area (Å²) in [4.78, 5) is 14.9. The van der Waals surface area contributed by atoms with E-state index < -0.39 is 0 Å². The summed E-state index contributed by atoms with van der Waals surface area (Å²) in [6.07, 6.45) is 4.31. The van der Waals surface area contributed by atoms with Crippen LogP contribution in [-0.4, -0.2) is 30.4 Å². The fourth-order valence-electron chi connectivity index (χ4n) is 3.89. The highest BCUT2D eigenvalue weighted by Crippen LogP contribution is 2.52. The summed E-state index contributed by atoms with van der Waals surface area (Å²) in [6.45, 7) is 4.51. The maximum atomic E-state index is 12.8. The van der Waals surface area contributed by atoms with Crippen molar-refractivity contribution in [3.63, 3.8) is 0 Å². The summed E-state index contributed by atoms with van der Waals surface area (Å²) in [5.41, 5.74) is 7.28. The van der Waals surface area contributed by atoms with E-state index in [1.807, 2.05) is 6.07 Å². The molecule has 0 aromatic heterocycles. The van der Waals surface area contributed by atoms with Crippen molar-refractivity contribution >= 4 is 18.3 Å². The van der Waals surface area contributed by atoms with Crippen LogP contribution in [-0.2, 0) is 4.79 Å². The molecule has 2 fully saturated rings. The lowest BCUT2D eigenvalue weighted by molar-refractivity contribution is -0.136. The summed E-state index contributed by atoms with van der Waals surface area (Å²) in [5, 5.41) is 0. The first-order valence-electron chi connectivity index (χ1n) is 8.24. The third kappa shape index (κ3) is 3.16. The number of hydrogen-bond acceptors (Lipinski definition) is 2. The highest BCUT2D eigenvalue weighted by atomic mass is 35.5. The molecule has 0 radical (unpaired) electrons. The number of halogens is 1. The molecule has 3 rings (SSSR count). The van der Waals surface area contributed by atoms with Gasteiger partial charge in [0.25, 0.3) is 0 Å². The van der Waals surface area contributed by atoms with E-state index in [0.29, 0.717) is 24.3 Å². The van der Waals surface area contributed by atoms with Gasteiger partial charge in [-0.25, -0.2) is 0 Å². The zero-order valence-corrected chi connectivity index (χ0v) is 14.1. The Morgan fingerprint density at radius 1 is 1.27 bits per heavy atom. The molecule has 3 nitrogen and oxygen atoms in total. The number of rotatable bonds is 5. The molecule has 1 aromatic carbocycles. The molecule has 1 aliphatic heterocycles. The number of nitrogens with zero attached hydrogens (tertiary/aromatic N) is 1. The van der Waals surface area contributed by atoms with Crippen LogP contribution in [0.25, 0.3) is 0 Å². The lowest BCUT2D eigenvalue weighted by Crippen LogP contribution is -2.36. The molecule has 0 unspecified atom stereocenters. The Labute approximate surface area is 139 Å². The second-order valence-corrected chi connectivity index (χ2v) is 6.75. The topological polar surface area (TPSA) is 46.3 Å². The first-order chi connectivity index (χ1) is 10.2. The van der Waals surface area contributed by atoms with Gasteiger partial charge in [0.15, 0.2) is 0 Å². The quantitative estimate of drug-likeness (QED) is 0.905. The number of likely N-dealkylation sites (tertiary alicyclic amines) is 1. The average Bonchev–Trinajstić information content (AvgIpc) is 3.17. The Balaban J connectivity index is 0.00000176. The van der Waals surface area contributed by atoms with E-state index in [9.17, 15) is 4.79 Å². The summed E-state index contributed by atoms with van der Waals surface area (Å²) < 4.78 is 0. The minimum atomic E-state index is -0.0144. The molecule has 1 amide bonds. The van der Waals surface area contributed by atoms with Gasteiger partial charge in [0.2, 0.25) is 5.91 Å². The number of nitrogens with two attached hydrogens (primary N) is 1. The maximum Gasteiger partial charge on any atom is 0.228 e. The van der Waals surface area contributed by atoms with Crippen LogP contribution >= 0.6 is 12.4 Å². The molecule has 1 heterocycles. The summed E-state index contributed by atoms with van der Waals surface area (Å²) in [7, 11) is 0. The van der Waals surface area contributed by atoms with Crippen LogP contribution in [0.2, 0.25) is 0 Å². The summed E-state index contributed by atoms with van der Waals surface area (Å²) in [6, 6.07) is 10.5. The van der Waals surface area contributed by atoms with E-state index in [-0.39, 0.29) is 17.8 Å². The van der Waals surface area contributed by atoms with Gasteiger partial charge in [0.05, 0.1) is 0 Å². The van der Waals surface area contributed by atoms with Crippen molar-refractivity contribution in [1.82, 2.24) is 4.90 Å². The predicted molar refractivity (Wildman–Crippen MR) is 92.1 cm³/mol. The molecule has 1 saturated carbocycles. The first-order valence-corrected chi connectivity index (χ1v) is 8.24. The van der Waals surface area contributed by atoms with Crippen LogP contribution in [0.4, 0.5) is 0 Å². The third-order valence-corrected chi connectivity index (χ3v) is 5.29. The Morgan fingerprint density at radius 3 is 2.50 bits per heavy atom. The van der Waals surface area contributed by atoms with Crippen molar-refractivity contribution in [1.29, 1.82) is 0 Å². The van der Waals surface area contributed by atoms with Gasteiger partial charge in [-0.15, -0.1) is 12.4 Å². The second kappa shape index (κ2) is 7.01. The monoisotopic (exact) mass is 322 g/mol. The molecule has 1 saturated heterocycles. The summed E-state index contributed by atoms with van der Waals surface area (Å²) in [5.74, 6) is 1.19. The smallest absolute Gasteiger partial charge is 0.228 e. The number of hydrogen-bond donors (Lipinski definition) is 1. The third-order valence-electron chi connectivity index (χ3n) is 5.29. The van der Waals surface area contributed by atoms with E-state index in [1.54, 1.807) is 0 Å². The normalized spacial score (nSPS) is 25.6. The molecule has 2 aliphatic rings. The van der Waals surface area contributed by atoms with Gasteiger partial charge in [-0.1, -0.05) is 43.7 Å². The molecule has 1 aromatic rings. The van der Waals surface area contributed by atoms with Crippen LogP contribution in [0.1, 0.15) is 44.1 Å². The van der Waals surface area contributed by atoms with E-state index in [2.05, 4.69) is 36.1 Å². The predicted octanol–water partition coefficient (Wildman–Crippen LogP) is 3.19. The van der Waals surface area contributed by atoms with E-state index in [1.165, 1.54) is 5.56 Å². The highest BCUT2D eigenvalue weighted by molar-refractivity contribution is 5.86. The van der Waals surface area contributed by atoms with Crippen molar-refractivity contribution in [3.8, 4) is 0 Å². The molecular weight excluding hydrogens is 296 g/mol. The van der Waals surface area contributed by atoms with Crippen molar-refractivity contribution < 1.29 is 4.79 Å². The zero-order chi connectivity index (χ0) is 14.9. The largest absolute Gasteiger partial charge is 0.341 e. The fraction of sp³-hybridized carbons (Fsp3) is 0.611. The molecule has 22 heavy (non-hydrogen) atoms. The van der Waals surface area contributed by atoms with E-state index in [4.69, 9.17) is 5.73 Å². The van der Waals surface area contributed by atoms with Gasteiger partial charge >= 0.3 is 0 Å². The Kier molecular flexibility index (Phi) is 5.51. The van der Waals surface area contributed by atoms with Crippen LogP contribution in [0.3, 0.4) is 0 Å². The molecule has 0 spiro atoms. The molecule has 0 bridgehead atoms. The van der Waals surface area contributed by atoms with Gasteiger partial charge in [-0.05, 0) is 37.3 Å². The van der Waals surface area contributed by atoms with Gasteiger partial charge in [0.1, 0.15) is 0 Å². The van der Waals surface area contributed by atoms with E-state index in [0.717, 1.165) is 38.8 Å². The first kappa shape index (κ1) is 17.3. The lowest BCUT2D eigenvalue weighted by atomic mass is 9.89. The van der Waals surface area contributed by atoms with Gasteiger partial charge < -0.3 is 10.6 Å². The zero-order valence-electron chi connectivity index (χ0n) is 13.3. The Bertz CT molecular complexity index is 501. The maximum absolute atomic E-state index is 12.8. The average molecular weight is 323 g/mol. The van der Waals surface area contributed by atoms with Crippen molar-refractivity contribution in [2.45, 2.75) is 38.5 Å². The van der Waals surface area contributed by atoms with Crippen molar-refractivity contribution in [2.24, 2.45) is 17.1 Å². The highest BCUT2D eigenvalue weighted by Gasteiger charge is 2.52. The van der Waals surface area contributed by atoms with Gasteiger partial charge in [-0.3, -0.25) is 4.79 Å². The van der Waals surface area contributed by atoms with Crippen LogP contribution < -0.4 is 5.73 Å². The van der Waals surface area contributed by atoms with Crippen LogP contribution in [0.5, 0.6) is 0 Å². The number of benzene rings is 1. The molecule has 4 heteroatoms. The minimum absolute atomic E-state index is 0. The van der Waals surface area contributed by atoms with Crippen molar-refractivity contribution in [3.05, 3.63) is 35.9 Å².